The summed E-state index contributed by atoms with van der Waals surface area (Å²) in [6.07, 6.45) is -5.45. The number of carbonyl (C=O) groups is 2. The quantitative estimate of drug-likeness (QED) is 0.246. The van der Waals surface area contributed by atoms with Gasteiger partial charge in [0.25, 0.3) is 5.69 Å². The summed E-state index contributed by atoms with van der Waals surface area (Å²) < 4.78 is 49.5. The molecule has 0 saturated carbocycles. The van der Waals surface area contributed by atoms with Crippen LogP contribution in [0.25, 0.3) is 11.1 Å². The van der Waals surface area contributed by atoms with Gasteiger partial charge in [-0.3, -0.25) is 15.1 Å². The summed E-state index contributed by atoms with van der Waals surface area (Å²) in [5.74, 6) is -2.75. The van der Waals surface area contributed by atoms with Crippen LogP contribution < -0.4 is 9.84 Å². The van der Waals surface area contributed by atoms with Gasteiger partial charge in [0.1, 0.15) is 18.5 Å². The number of esters is 1. The molecule has 0 N–H and O–H groups in total. The molecule has 3 aromatic rings. The fraction of sp³-hybridized carbons (Fsp3) is 0.240. The van der Waals surface area contributed by atoms with E-state index in [9.17, 15) is 38.0 Å². The minimum Gasteiger partial charge on any atom is -0.545 e. The zero-order valence-electron chi connectivity index (χ0n) is 19.8. The maximum Gasteiger partial charge on any atom is 0.416 e. The molecule has 0 aliphatic carbocycles. The number of nitro benzene ring substituents is 1. The lowest BCUT2D eigenvalue weighted by Gasteiger charge is -2.20. The molecule has 0 aliphatic heterocycles. The Bertz CT molecular complexity index is 1370. The number of aromatic carboxylic acids is 1. The molecule has 0 fully saturated rings. The maximum absolute atomic E-state index is 13.1. The number of ether oxygens (including phenoxy) is 2. The van der Waals surface area contributed by atoms with Crippen molar-refractivity contribution in [2.45, 2.75) is 33.1 Å². The molecule has 2 aromatic carbocycles. The number of carboxylic acids is 1. The molecule has 3 rings (SSSR count). The van der Waals surface area contributed by atoms with E-state index < -0.39 is 46.9 Å². The number of aromatic nitrogens is 1. The van der Waals surface area contributed by atoms with Crippen LogP contribution in [0, 0.1) is 24.0 Å². The smallest absolute Gasteiger partial charge is 0.416 e. The lowest BCUT2D eigenvalue weighted by molar-refractivity contribution is -0.384. The number of nitro groups is 1. The second-order valence-electron chi connectivity index (χ2n) is 8.06. The molecule has 194 valence electrons. The Morgan fingerprint density at radius 1 is 1.05 bits per heavy atom. The number of non-ortho nitro benzene ring substituents is 1. The van der Waals surface area contributed by atoms with Crippen molar-refractivity contribution >= 4 is 17.6 Å². The van der Waals surface area contributed by atoms with Gasteiger partial charge in [0.2, 0.25) is 0 Å². The highest BCUT2D eigenvalue weighted by atomic mass is 19.4. The largest absolute Gasteiger partial charge is 0.545 e. The molecule has 0 aliphatic rings. The topological polar surface area (TPSA) is 132 Å². The summed E-state index contributed by atoms with van der Waals surface area (Å²) in [5.41, 5.74) is -1.92. The van der Waals surface area contributed by atoms with E-state index >= 15 is 0 Å². The highest BCUT2D eigenvalue weighted by molar-refractivity contribution is 6.06. The molecule has 0 amide bonds. The first kappa shape index (κ1) is 27.1. The molecule has 37 heavy (non-hydrogen) atoms. The summed E-state index contributed by atoms with van der Waals surface area (Å²) in [7, 11) is 0. The van der Waals surface area contributed by atoms with Crippen molar-refractivity contribution in [2.24, 2.45) is 0 Å². The zero-order valence-corrected chi connectivity index (χ0v) is 19.8. The van der Waals surface area contributed by atoms with E-state index in [4.69, 9.17) is 9.47 Å². The number of benzene rings is 2. The monoisotopic (exact) mass is 517 g/mol. The van der Waals surface area contributed by atoms with Crippen LogP contribution >= 0.6 is 0 Å². The van der Waals surface area contributed by atoms with Gasteiger partial charge in [0.15, 0.2) is 0 Å². The van der Waals surface area contributed by atoms with Crippen molar-refractivity contribution in [3.8, 4) is 16.9 Å². The Morgan fingerprint density at radius 3 is 2.32 bits per heavy atom. The molecule has 0 saturated heterocycles. The van der Waals surface area contributed by atoms with E-state index in [1.807, 2.05) is 0 Å². The SMILES string of the molecule is Cc1nc(C)c(C(=O)OCC(C)Oc2cccc(C(F)(F)F)c2)c(-c2cccc([N+](=O)[O-])c2)c1C(=O)[O-]. The van der Waals surface area contributed by atoms with Crippen molar-refractivity contribution in [1.29, 1.82) is 0 Å². The number of rotatable bonds is 8. The van der Waals surface area contributed by atoms with Crippen molar-refractivity contribution in [1.82, 2.24) is 4.98 Å². The molecule has 0 bridgehead atoms. The van der Waals surface area contributed by atoms with Crippen molar-refractivity contribution in [3.05, 3.63) is 86.7 Å². The Labute approximate surface area is 208 Å². The van der Waals surface area contributed by atoms with Crippen LogP contribution in [0.3, 0.4) is 0 Å². The highest BCUT2D eigenvalue weighted by Crippen LogP contribution is 2.34. The Kier molecular flexibility index (Phi) is 7.80. The molecule has 9 nitrogen and oxygen atoms in total. The third-order valence-corrected chi connectivity index (χ3v) is 5.26. The van der Waals surface area contributed by atoms with Gasteiger partial charge in [0.05, 0.1) is 27.7 Å². The molecular weight excluding hydrogens is 497 g/mol. The van der Waals surface area contributed by atoms with Crippen molar-refractivity contribution in [3.63, 3.8) is 0 Å². The average Bonchev–Trinajstić information content (AvgIpc) is 2.81. The van der Waals surface area contributed by atoms with E-state index in [0.717, 1.165) is 18.2 Å². The molecule has 1 aromatic heterocycles. The van der Waals surface area contributed by atoms with Crippen LogP contribution in [-0.4, -0.2) is 34.6 Å². The third-order valence-electron chi connectivity index (χ3n) is 5.26. The predicted molar refractivity (Wildman–Crippen MR) is 122 cm³/mol. The van der Waals surface area contributed by atoms with Crippen LogP contribution in [0.15, 0.2) is 48.5 Å². The van der Waals surface area contributed by atoms with Gasteiger partial charge in [-0.05, 0) is 44.5 Å². The van der Waals surface area contributed by atoms with Crippen LogP contribution in [0.5, 0.6) is 5.75 Å². The number of carboxylic acid groups (broad SMARTS) is 1. The molecule has 1 unspecified atom stereocenters. The van der Waals surface area contributed by atoms with E-state index in [2.05, 4.69) is 4.98 Å². The number of carbonyl (C=O) groups excluding carboxylic acids is 2. The van der Waals surface area contributed by atoms with Crippen LogP contribution in [-0.2, 0) is 10.9 Å². The van der Waals surface area contributed by atoms with Crippen LogP contribution in [0.4, 0.5) is 18.9 Å². The number of nitrogens with zero attached hydrogens (tertiary/aromatic N) is 2. The maximum atomic E-state index is 13.1. The summed E-state index contributed by atoms with van der Waals surface area (Å²) in [5, 5.41) is 23.2. The van der Waals surface area contributed by atoms with Gasteiger partial charge >= 0.3 is 12.1 Å². The summed E-state index contributed by atoms with van der Waals surface area (Å²) >= 11 is 0. The highest BCUT2D eigenvalue weighted by Gasteiger charge is 2.31. The standard InChI is InChI=1S/C25H21F3N2O7/c1-13(37-19-9-5-7-17(11-19)25(26,27)28)12-36-24(33)21-15(3)29-14(2)20(23(31)32)22(21)16-6-4-8-18(10-16)30(34)35/h4-11,13H,12H2,1-3H3,(H,31,32)/p-1. The number of alkyl halides is 3. The first-order valence-corrected chi connectivity index (χ1v) is 10.8. The lowest BCUT2D eigenvalue weighted by atomic mass is 9.92. The minimum absolute atomic E-state index is 0.0248. The van der Waals surface area contributed by atoms with Gasteiger partial charge in [-0.2, -0.15) is 13.2 Å². The van der Waals surface area contributed by atoms with Gasteiger partial charge in [-0.1, -0.05) is 18.2 Å². The number of hydrogen-bond donors (Lipinski definition) is 0. The number of pyridine rings is 1. The predicted octanol–water partition coefficient (Wildman–Crippen LogP) is 4.28. The normalized spacial score (nSPS) is 12.1. The first-order chi connectivity index (χ1) is 17.3. The summed E-state index contributed by atoms with van der Waals surface area (Å²) in [6, 6.07) is 9.21. The first-order valence-electron chi connectivity index (χ1n) is 10.8. The average molecular weight is 517 g/mol. The summed E-state index contributed by atoms with van der Waals surface area (Å²) in [4.78, 5) is 39.7. The van der Waals surface area contributed by atoms with Gasteiger partial charge in [0, 0.05) is 29.0 Å². The minimum atomic E-state index is -4.56. The number of halogens is 3. The Balaban J connectivity index is 1.93. The summed E-state index contributed by atoms with van der Waals surface area (Å²) in [6.45, 7) is 3.88. The van der Waals surface area contributed by atoms with E-state index in [-0.39, 0.29) is 39.5 Å². The molecule has 0 spiro atoms. The van der Waals surface area contributed by atoms with E-state index in [0.29, 0.717) is 0 Å². The van der Waals surface area contributed by atoms with Gasteiger partial charge in [-0.15, -0.1) is 0 Å². The van der Waals surface area contributed by atoms with Crippen molar-refractivity contribution in [2.75, 3.05) is 6.61 Å². The number of aryl methyl sites for hydroxylation is 2. The second-order valence-corrected chi connectivity index (χ2v) is 8.06. The zero-order chi connectivity index (χ0) is 27.5. The van der Waals surface area contributed by atoms with Crippen LogP contribution in [0.2, 0.25) is 0 Å². The number of hydrogen-bond acceptors (Lipinski definition) is 8. The van der Waals surface area contributed by atoms with E-state index in [1.165, 1.54) is 51.1 Å². The molecule has 1 heterocycles. The molecule has 0 radical (unpaired) electrons. The third kappa shape index (κ3) is 6.21. The van der Waals surface area contributed by atoms with Gasteiger partial charge in [-0.25, -0.2) is 4.79 Å². The lowest BCUT2D eigenvalue weighted by Crippen LogP contribution is -2.27. The van der Waals surface area contributed by atoms with Crippen LogP contribution in [0.1, 0.15) is 44.6 Å². The second kappa shape index (κ2) is 10.6. The molecule has 1 atom stereocenters. The Morgan fingerprint density at radius 2 is 1.70 bits per heavy atom. The van der Waals surface area contributed by atoms with E-state index in [1.54, 1.807) is 0 Å². The van der Waals surface area contributed by atoms with Gasteiger partial charge < -0.3 is 19.4 Å². The van der Waals surface area contributed by atoms with Crippen molar-refractivity contribution < 1.29 is 42.3 Å². The fourth-order valence-electron chi connectivity index (χ4n) is 3.69. The molecule has 12 heteroatoms. The fourth-order valence-corrected chi connectivity index (χ4v) is 3.69. The molecular formula is C25H20F3N2O7-. The Hall–Kier alpha value is -4.48.